The molecule has 0 unspecified atom stereocenters. The van der Waals surface area contributed by atoms with Crippen LogP contribution in [0.3, 0.4) is 0 Å². The minimum absolute atomic E-state index is 0.254. The molecule has 0 radical (unpaired) electrons. The quantitative estimate of drug-likeness (QED) is 0.0847. The van der Waals surface area contributed by atoms with E-state index in [2.05, 4.69) is 92.3 Å². The Balaban J connectivity index is 0.000000170. The summed E-state index contributed by atoms with van der Waals surface area (Å²) >= 11 is 0. The smallest absolute Gasteiger partial charge is 0.227 e. The molecule has 0 amide bonds. The molecule has 6 aromatic carbocycles. The molecular weight excluding hydrogens is 897 g/mol. The molecule has 0 atom stereocenters. The molecule has 0 aliphatic heterocycles. The summed E-state index contributed by atoms with van der Waals surface area (Å²) in [6.45, 7) is 9.33. The van der Waals surface area contributed by atoms with Gasteiger partial charge in [0.1, 0.15) is 13.1 Å². The molecule has 68 heavy (non-hydrogen) atoms. The second-order valence-corrected chi connectivity index (χ2v) is 20.2. The van der Waals surface area contributed by atoms with E-state index in [0.717, 1.165) is 54.8 Å². The van der Waals surface area contributed by atoms with Gasteiger partial charge in [-0.15, -0.1) is 0 Å². The summed E-state index contributed by atoms with van der Waals surface area (Å²) in [5, 5.41) is 6.61. The number of hydrogen-bond donors (Lipinski definition) is 0. The van der Waals surface area contributed by atoms with Crippen molar-refractivity contribution in [3.63, 3.8) is 0 Å². The van der Waals surface area contributed by atoms with Crippen LogP contribution in [0.4, 0.5) is 0 Å². The molecule has 0 saturated heterocycles. The molecule has 0 spiro atoms. The zero-order valence-corrected chi connectivity index (χ0v) is 39.6. The summed E-state index contributed by atoms with van der Waals surface area (Å²) < 4.78 is 82.0. The van der Waals surface area contributed by atoms with Gasteiger partial charge in [-0.05, 0) is 95.8 Å². The Kier molecular flexibility index (Phi) is 12.8. The normalized spacial score (nSPS) is 12.0. The van der Waals surface area contributed by atoms with Crippen molar-refractivity contribution in [2.24, 2.45) is 0 Å². The van der Waals surface area contributed by atoms with E-state index in [0.29, 0.717) is 36.4 Å². The minimum atomic E-state index is -4.23. The fourth-order valence-electron chi connectivity index (χ4n) is 8.65. The molecule has 0 saturated carbocycles. The van der Waals surface area contributed by atoms with Crippen LogP contribution in [0.2, 0.25) is 0 Å². The number of benzene rings is 6. The average molecular weight is 945 g/mol. The van der Waals surface area contributed by atoms with E-state index in [1.807, 2.05) is 88.3 Å². The number of aromatic nitrogens is 4. The monoisotopic (exact) mass is 944 g/mol. The third-order valence-corrected chi connectivity index (χ3v) is 14.1. The number of para-hydroxylation sites is 2. The van der Waals surface area contributed by atoms with Crippen molar-refractivity contribution in [3.8, 4) is 45.6 Å². The van der Waals surface area contributed by atoms with Crippen LogP contribution in [-0.2, 0) is 33.3 Å². The van der Waals surface area contributed by atoms with Crippen molar-refractivity contribution < 1.29 is 43.9 Å². The molecule has 10 aromatic rings. The summed E-state index contributed by atoms with van der Waals surface area (Å²) in [6.07, 6.45) is 7.74. The topological polar surface area (TPSA) is 174 Å². The van der Waals surface area contributed by atoms with Crippen molar-refractivity contribution in [1.29, 1.82) is 0 Å². The van der Waals surface area contributed by atoms with Crippen LogP contribution < -0.4 is 9.13 Å². The Hall–Kier alpha value is -7.10. The maximum atomic E-state index is 11.0. The maximum absolute atomic E-state index is 11.0. The number of aryl methyl sites for hydroxylation is 6. The Morgan fingerprint density at radius 3 is 1.50 bits per heavy atom. The van der Waals surface area contributed by atoms with Crippen LogP contribution in [0.5, 0.6) is 0 Å². The van der Waals surface area contributed by atoms with Crippen LogP contribution in [0.15, 0.2) is 155 Å². The third-order valence-electron chi connectivity index (χ3n) is 12.5. The summed E-state index contributed by atoms with van der Waals surface area (Å²) in [6, 6.07) is 40.6. The molecule has 12 nitrogen and oxygen atoms in total. The zero-order chi connectivity index (χ0) is 47.7. The molecule has 0 bridgehead atoms. The lowest BCUT2D eigenvalue weighted by molar-refractivity contribution is -0.671. The average Bonchev–Trinajstić information content (AvgIpc) is 4.02. The lowest BCUT2D eigenvalue weighted by Crippen LogP contribution is -2.35. The molecule has 10 rings (SSSR count). The molecule has 14 heteroatoms. The SMILES string of the molecule is Cc1cc2ccc(-c3cnc(-c4cc[n+](CCCS(=O)(=O)[O-])c5ccccc45)o3)cc2cc1C.Cc1ccc2cc(-c3cnc(-c4cc[n+](CCCS(=O)(=O)[O-])c5ccccc45)o3)ccc2c1C. The maximum Gasteiger partial charge on any atom is 0.227 e. The molecule has 0 fully saturated rings. The van der Waals surface area contributed by atoms with Crippen LogP contribution >= 0.6 is 0 Å². The van der Waals surface area contributed by atoms with E-state index in [1.165, 1.54) is 33.0 Å². The van der Waals surface area contributed by atoms with E-state index >= 15 is 0 Å². The molecule has 0 N–H and O–H groups in total. The van der Waals surface area contributed by atoms with Gasteiger partial charge in [0.25, 0.3) is 0 Å². The number of fused-ring (bicyclic) bond motifs is 4. The number of oxazole rings is 2. The van der Waals surface area contributed by atoms with Gasteiger partial charge in [-0.2, -0.15) is 9.13 Å². The number of nitrogens with zero attached hydrogens (tertiary/aromatic N) is 4. The Morgan fingerprint density at radius 2 is 0.971 bits per heavy atom. The van der Waals surface area contributed by atoms with Crippen LogP contribution in [-0.4, -0.2) is 47.4 Å². The van der Waals surface area contributed by atoms with Crippen molar-refractivity contribution in [2.75, 3.05) is 11.5 Å². The lowest BCUT2D eigenvalue weighted by atomic mass is 9.99. The van der Waals surface area contributed by atoms with Gasteiger partial charge in [-0.3, -0.25) is 0 Å². The standard InChI is InChI=1S/2C27H24N2O4S/c1-18-8-9-20-16-21(10-11-22(20)19(18)2)26-17-28-27(33-26)24-12-14-29(13-5-15-34(30,31)32)25-7-4-3-6-23(24)25;1-18-14-20-8-9-21(16-22(20)15-19(18)2)26-17-28-27(33-26)24-10-12-29(11-5-13-34(30,31)32)25-7-4-3-6-23(24)25/h3-4,6-12,14,16-17H,5,13,15H2,1-2H3;3-4,6-10,12,14-17H,5,11,13H2,1-2H3. The lowest BCUT2D eigenvalue weighted by Gasteiger charge is -2.07. The minimum Gasteiger partial charge on any atom is -0.748 e. The highest BCUT2D eigenvalue weighted by Crippen LogP contribution is 2.34. The fourth-order valence-corrected chi connectivity index (χ4v) is 9.61. The van der Waals surface area contributed by atoms with Crippen molar-refractivity contribution in [2.45, 2.75) is 53.6 Å². The predicted octanol–water partition coefficient (Wildman–Crippen LogP) is 10.3. The number of rotatable bonds is 12. The Morgan fingerprint density at radius 1 is 0.500 bits per heavy atom. The van der Waals surface area contributed by atoms with Gasteiger partial charge in [-0.25, -0.2) is 26.8 Å². The first kappa shape index (κ1) is 46.0. The zero-order valence-electron chi connectivity index (χ0n) is 38.0. The molecule has 344 valence electrons. The highest BCUT2D eigenvalue weighted by molar-refractivity contribution is 7.85. The highest BCUT2D eigenvalue weighted by atomic mass is 32.2. The first-order valence-corrected chi connectivity index (χ1v) is 25.4. The summed E-state index contributed by atoms with van der Waals surface area (Å²) in [4.78, 5) is 9.10. The van der Waals surface area contributed by atoms with Gasteiger partial charge in [0, 0.05) is 59.7 Å². The predicted molar refractivity (Wildman–Crippen MR) is 262 cm³/mol. The Bertz CT molecular complexity index is 3600. The third kappa shape index (κ3) is 10.1. The molecule has 4 aromatic heterocycles. The van der Waals surface area contributed by atoms with Gasteiger partial charge in [0.05, 0.1) is 54.5 Å². The van der Waals surface area contributed by atoms with E-state index in [4.69, 9.17) is 8.83 Å². The van der Waals surface area contributed by atoms with E-state index in [-0.39, 0.29) is 24.3 Å². The van der Waals surface area contributed by atoms with Crippen molar-refractivity contribution in [1.82, 2.24) is 9.97 Å². The van der Waals surface area contributed by atoms with Gasteiger partial charge in [0.15, 0.2) is 23.9 Å². The number of pyridine rings is 2. The molecule has 0 aliphatic carbocycles. The first-order chi connectivity index (χ1) is 32.6. The fraction of sp³-hybridized carbons (Fsp3) is 0.185. The number of hydrogen-bond acceptors (Lipinski definition) is 10. The Labute approximate surface area is 394 Å². The largest absolute Gasteiger partial charge is 0.748 e. The van der Waals surface area contributed by atoms with Crippen LogP contribution in [0.1, 0.15) is 35.1 Å². The van der Waals surface area contributed by atoms with Crippen LogP contribution in [0, 0.1) is 27.7 Å². The second kappa shape index (κ2) is 18.9. The van der Waals surface area contributed by atoms with E-state index in [1.54, 1.807) is 12.4 Å². The van der Waals surface area contributed by atoms with Gasteiger partial charge < -0.3 is 17.9 Å². The second-order valence-electron chi connectivity index (χ2n) is 17.1. The first-order valence-electron chi connectivity index (χ1n) is 22.2. The molecule has 0 aliphatic rings. The van der Waals surface area contributed by atoms with Crippen LogP contribution in [0.25, 0.3) is 88.9 Å². The van der Waals surface area contributed by atoms with Gasteiger partial charge >= 0.3 is 0 Å². The van der Waals surface area contributed by atoms with Crippen molar-refractivity contribution in [3.05, 3.63) is 168 Å². The van der Waals surface area contributed by atoms with Crippen molar-refractivity contribution >= 4 is 63.6 Å². The highest BCUT2D eigenvalue weighted by Gasteiger charge is 2.20. The van der Waals surface area contributed by atoms with Gasteiger partial charge in [0.2, 0.25) is 22.8 Å². The summed E-state index contributed by atoms with van der Waals surface area (Å²) in [5.74, 6) is 1.64. The van der Waals surface area contributed by atoms with E-state index < -0.39 is 20.2 Å². The summed E-state index contributed by atoms with van der Waals surface area (Å²) in [7, 11) is -8.46. The van der Waals surface area contributed by atoms with Gasteiger partial charge in [-0.1, -0.05) is 72.8 Å². The molecule has 4 heterocycles. The summed E-state index contributed by atoms with van der Waals surface area (Å²) in [5.41, 5.74) is 10.5. The van der Waals surface area contributed by atoms with E-state index in [9.17, 15) is 25.9 Å². The molecular formula is C54H48N4O8S2.